The van der Waals surface area contributed by atoms with E-state index < -0.39 is 0 Å². The molecule has 3 nitrogen and oxygen atoms in total. The van der Waals surface area contributed by atoms with Crippen LogP contribution in [0.4, 0.5) is 34.1 Å². The van der Waals surface area contributed by atoms with Gasteiger partial charge in [0.15, 0.2) is 0 Å². The zero-order valence-electron chi connectivity index (χ0n) is 36.1. The van der Waals surface area contributed by atoms with Crippen LogP contribution in [0.5, 0.6) is 0 Å². The third-order valence-electron chi connectivity index (χ3n) is 13.8. The van der Waals surface area contributed by atoms with Crippen LogP contribution in [0.3, 0.4) is 0 Å². The van der Waals surface area contributed by atoms with Crippen molar-refractivity contribution < 1.29 is 0 Å². The van der Waals surface area contributed by atoms with Crippen LogP contribution in [-0.2, 0) is 5.41 Å². The number of hydrogen-bond acceptors (Lipinski definition) is 2. The highest BCUT2D eigenvalue weighted by Crippen LogP contribution is 2.51. The number of benzene rings is 10. The minimum atomic E-state index is -0.135. The first-order valence-corrected chi connectivity index (χ1v) is 22.5. The smallest absolute Gasteiger partial charge is 0.333 e. The van der Waals surface area contributed by atoms with Gasteiger partial charge in [-0.05, 0) is 110 Å². The van der Waals surface area contributed by atoms with E-state index in [1.165, 1.54) is 99.2 Å². The van der Waals surface area contributed by atoms with Crippen LogP contribution in [-0.4, -0.2) is 11.3 Å². The van der Waals surface area contributed by atoms with Crippen LogP contribution >= 0.6 is 0 Å². The first-order valence-electron chi connectivity index (χ1n) is 22.5. The van der Waals surface area contributed by atoms with E-state index in [0.717, 1.165) is 17.1 Å². The lowest BCUT2D eigenvalue weighted by Crippen LogP contribution is -2.56. The maximum atomic E-state index is 2.72. The second kappa shape index (κ2) is 13.8. The maximum Gasteiger partial charge on any atom is 0.333 e. The molecule has 0 spiro atoms. The van der Waals surface area contributed by atoms with Crippen LogP contribution in [0.25, 0.3) is 65.6 Å². The molecule has 10 aromatic carbocycles. The molecule has 0 saturated carbocycles. The van der Waals surface area contributed by atoms with E-state index in [1.54, 1.807) is 0 Å². The molecular formula is C60H44BN3. The lowest BCUT2D eigenvalue weighted by atomic mass is 9.44. The van der Waals surface area contributed by atoms with Crippen molar-refractivity contribution in [3.05, 3.63) is 218 Å². The van der Waals surface area contributed by atoms with Gasteiger partial charge in [-0.25, -0.2) is 0 Å². The highest BCUT2D eigenvalue weighted by Gasteiger charge is 2.44. The molecule has 2 aliphatic heterocycles. The van der Waals surface area contributed by atoms with Gasteiger partial charge in [0.25, 0.3) is 0 Å². The summed E-state index contributed by atoms with van der Waals surface area (Å²) in [5.41, 5.74) is 18.4. The van der Waals surface area contributed by atoms with E-state index in [1.807, 2.05) is 0 Å². The fraction of sp³-hybridized carbons (Fsp3) is 0.0667. The quantitative estimate of drug-likeness (QED) is 0.160. The van der Waals surface area contributed by atoms with Crippen molar-refractivity contribution in [1.29, 1.82) is 0 Å². The summed E-state index contributed by atoms with van der Waals surface area (Å²) in [5, 5.41) is 7.61. The Kier molecular flexibility index (Phi) is 7.96. The van der Waals surface area contributed by atoms with Crippen molar-refractivity contribution in [2.45, 2.75) is 26.2 Å². The summed E-state index contributed by atoms with van der Waals surface area (Å²) in [5.74, 6) is 0. The molecule has 64 heavy (non-hydrogen) atoms. The molecule has 13 rings (SSSR count). The Bertz CT molecular complexity index is 3620. The van der Waals surface area contributed by atoms with E-state index in [0.29, 0.717) is 0 Å². The lowest BCUT2D eigenvalue weighted by molar-refractivity contribution is 0.590. The Morgan fingerprint density at radius 2 is 1.05 bits per heavy atom. The monoisotopic (exact) mass is 817 g/mol. The normalized spacial score (nSPS) is 12.9. The second-order valence-electron chi connectivity index (χ2n) is 18.5. The summed E-state index contributed by atoms with van der Waals surface area (Å²) in [6.45, 7) is 6.80. The predicted molar refractivity (Wildman–Crippen MR) is 274 cm³/mol. The molecule has 0 radical (unpaired) electrons. The minimum Gasteiger partial charge on any atom is -0.375 e. The van der Waals surface area contributed by atoms with Crippen LogP contribution < -0.4 is 20.7 Å². The number of nitrogens with zero attached hydrogens (tertiary/aromatic N) is 3. The molecular weight excluding hydrogens is 773 g/mol. The van der Waals surface area contributed by atoms with E-state index >= 15 is 0 Å². The van der Waals surface area contributed by atoms with Gasteiger partial charge < -0.3 is 14.3 Å². The first-order chi connectivity index (χ1) is 31.4. The standard InChI is InChI=1S/C60H44BN3/c1-60(2,3)42-31-34-53(51(37-42)39-18-7-4-8-19-39)63-54-35-32-45(62(43-22-9-5-10-23-43)44-24-11-6-12-25-44)38-52(54)61-57-55(63)36-41-21-14-15-26-46(41)56(57)50-29-17-28-48-49-33-30-40-20-13-16-27-47(40)58(49)64(61)59(48)50/h4-38H,1-3H3. The number of para-hydroxylation sites is 3. The third kappa shape index (κ3) is 5.35. The molecule has 0 aliphatic carbocycles. The summed E-state index contributed by atoms with van der Waals surface area (Å²) in [4.78, 5) is 5.00. The van der Waals surface area contributed by atoms with Gasteiger partial charge >= 0.3 is 6.85 Å². The van der Waals surface area contributed by atoms with E-state index in [4.69, 9.17) is 0 Å². The van der Waals surface area contributed by atoms with Gasteiger partial charge in [0, 0.05) is 66.8 Å². The Morgan fingerprint density at radius 3 is 1.78 bits per heavy atom. The van der Waals surface area contributed by atoms with Gasteiger partial charge in [0.05, 0.1) is 5.69 Å². The fourth-order valence-corrected chi connectivity index (χ4v) is 11.0. The Hall–Kier alpha value is -7.82. The van der Waals surface area contributed by atoms with Gasteiger partial charge in [-0.15, -0.1) is 0 Å². The van der Waals surface area contributed by atoms with Crippen LogP contribution in [0, 0.1) is 0 Å². The molecule has 4 heteroatoms. The Balaban J connectivity index is 1.21. The second-order valence-corrected chi connectivity index (χ2v) is 18.5. The van der Waals surface area contributed by atoms with Crippen molar-refractivity contribution in [3.63, 3.8) is 0 Å². The summed E-state index contributed by atoms with van der Waals surface area (Å²) in [6.07, 6.45) is 0. The van der Waals surface area contributed by atoms with Gasteiger partial charge in [-0.2, -0.15) is 0 Å². The third-order valence-corrected chi connectivity index (χ3v) is 13.8. The number of fused-ring (bicyclic) bond motifs is 11. The molecule has 0 atom stereocenters. The number of rotatable bonds is 5. The molecule has 0 N–H and O–H groups in total. The van der Waals surface area contributed by atoms with Gasteiger partial charge in [0.1, 0.15) is 0 Å². The van der Waals surface area contributed by atoms with Gasteiger partial charge in [-0.1, -0.05) is 172 Å². The topological polar surface area (TPSA) is 11.4 Å². The Morgan fingerprint density at radius 1 is 0.422 bits per heavy atom. The number of anilines is 6. The van der Waals surface area contributed by atoms with Crippen molar-refractivity contribution in [1.82, 2.24) is 4.48 Å². The first kappa shape index (κ1) is 36.8. The summed E-state index contributed by atoms with van der Waals surface area (Å²) >= 11 is 0. The zero-order chi connectivity index (χ0) is 42.7. The molecule has 0 unspecified atom stereocenters. The predicted octanol–water partition coefficient (Wildman–Crippen LogP) is 15.0. The van der Waals surface area contributed by atoms with E-state index in [-0.39, 0.29) is 12.3 Å². The van der Waals surface area contributed by atoms with Crippen LogP contribution in [0.15, 0.2) is 212 Å². The SMILES string of the molecule is CC(C)(C)c1ccc(N2c3ccc(N(c4ccccc4)c4ccccc4)cc3B3c4c2cc2ccccc2c4-c2cccc4c5ccc6ccccc6c5n3c24)c(-c2ccccc2)c1. The van der Waals surface area contributed by atoms with Crippen molar-refractivity contribution in [2.24, 2.45) is 0 Å². The largest absolute Gasteiger partial charge is 0.375 e. The highest BCUT2D eigenvalue weighted by atomic mass is 15.2. The maximum absolute atomic E-state index is 2.72. The van der Waals surface area contributed by atoms with E-state index in [9.17, 15) is 0 Å². The van der Waals surface area contributed by atoms with Crippen molar-refractivity contribution >= 4 is 95.2 Å². The molecule has 0 amide bonds. The molecule has 0 bridgehead atoms. The molecule has 0 fully saturated rings. The van der Waals surface area contributed by atoms with Gasteiger partial charge in [-0.3, -0.25) is 0 Å². The Labute approximate surface area is 374 Å². The molecule has 0 saturated heterocycles. The van der Waals surface area contributed by atoms with Crippen LogP contribution in [0.1, 0.15) is 26.3 Å². The minimum absolute atomic E-state index is 0.0321. The zero-order valence-corrected chi connectivity index (χ0v) is 36.1. The van der Waals surface area contributed by atoms with Crippen molar-refractivity contribution in [3.8, 4) is 22.3 Å². The molecule has 1 aromatic heterocycles. The average Bonchev–Trinajstić information content (AvgIpc) is 3.68. The van der Waals surface area contributed by atoms with E-state index in [2.05, 4.69) is 247 Å². The molecule has 3 heterocycles. The summed E-state index contributed by atoms with van der Waals surface area (Å²) in [6, 6.07) is 79.1. The molecule has 2 aliphatic rings. The molecule has 11 aromatic rings. The fourth-order valence-electron chi connectivity index (χ4n) is 11.0. The highest BCUT2D eigenvalue weighted by molar-refractivity contribution is 6.90. The molecule has 302 valence electrons. The summed E-state index contributed by atoms with van der Waals surface area (Å²) in [7, 11) is 0. The number of aromatic nitrogens is 1. The average molecular weight is 818 g/mol. The van der Waals surface area contributed by atoms with Crippen LogP contribution in [0.2, 0.25) is 0 Å². The lowest BCUT2D eigenvalue weighted by Gasteiger charge is -2.42. The number of hydrogen-bond donors (Lipinski definition) is 0. The van der Waals surface area contributed by atoms with Crippen molar-refractivity contribution in [2.75, 3.05) is 9.80 Å². The van der Waals surface area contributed by atoms with Gasteiger partial charge in [0.2, 0.25) is 0 Å². The summed E-state index contributed by atoms with van der Waals surface area (Å²) < 4.78 is 2.72.